The minimum Gasteiger partial charge on any atom is -0.548 e. The van der Waals surface area contributed by atoms with Crippen LogP contribution in [0, 0.1) is 50.2 Å². The number of carboxylic acid groups (broad SMARTS) is 1. The summed E-state index contributed by atoms with van der Waals surface area (Å²) in [7, 11) is 0. The maximum absolute atomic E-state index is 14.0. The van der Waals surface area contributed by atoms with Crippen LogP contribution < -0.4 is 40.0 Å². The molecule has 58 heavy (non-hydrogen) atoms. The van der Waals surface area contributed by atoms with Crippen molar-refractivity contribution in [1.82, 2.24) is 5.32 Å². The van der Waals surface area contributed by atoms with Crippen molar-refractivity contribution >= 4 is 11.9 Å². The van der Waals surface area contributed by atoms with E-state index in [2.05, 4.69) is 52.9 Å². The zero-order valence-electron chi connectivity index (χ0n) is 35.8. The molecule has 0 unspecified atom stereocenters. The third kappa shape index (κ3) is 7.31. The van der Waals surface area contributed by atoms with Gasteiger partial charge in [-0.3, -0.25) is 4.79 Å². The van der Waals surface area contributed by atoms with Gasteiger partial charge in [0.1, 0.15) is 36.6 Å². The van der Waals surface area contributed by atoms with Gasteiger partial charge in [0.15, 0.2) is 12.6 Å². The molecular formula is C43H68NNaO13. The van der Waals surface area contributed by atoms with Gasteiger partial charge in [0.05, 0.1) is 43.4 Å². The molecule has 7 aliphatic rings. The van der Waals surface area contributed by atoms with E-state index >= 15 is 0 Å². The predicted octanol–water partition coefficient (Wildman–Crippen LogP) is -1.69. The number of allylic oxidation sites excluding steroid dienone is 2. The zero-order chi connectivity index (χ0) is 41.7. The van der Waals surface area contributed by atoms with Gasteiger partial charge in [-0.25, -0.2) is 0 Å². The summed E-state index contributed by atoms with van der Waals surface area (Å²) in [6.07, 6.45) is -2.28. The Hall–Kier alpha value is -0.720. The first-order valence-electron chi connectivity index (χ1n) is 21.4. The van der Waals surface area contributed by atoms with E-state index in [1.807, 2.05) is 0 Å². The molecule has 0 radical (unpaired) electrons. The maximum atomic E-state index is 14.0. The fourth-order valence-electron chi connectivity index (χ4n) is 13.7. The number of aliphatic hydroxyl groups is 6. The van der Waals surface area contributed by atoms with Crippen LogP contribution in [0.5, 0.6) is 0 Å². The summed E-state index contributed by atoms with van der Waals surface area (Å²) >= 11 is 0. The van der Waals surface area contributed by atoms with Gasteiger partial charge >= 0.3 is 29.6 Å². The summed E-state index contributed by atoms with van der Waals surface area (Å²) < 4.78 is 24.3. The van der Waals surface area contributed by atoms with Crippen LogP contribution in [0.25, 0.3) is 0 Å². The van der Waals surface area contributed by atoms with Gasteiger partial charge in [0, 0.05) is 5.41 Å². The molecule has 0 spiro atoms. The number of amides is 1. The van der Waals surface area contributed by atoms with Crippen LogP contribution in [-0.4, -0.2) is 124 Å². The summed E-state index contributed by atoms with van der Waals surface area (Å²) in [4.78, 5) is 25.4. The topological polar surface area (TPSA) is 228 Å². The van der Waals surface area contributed by atoms with Crippen LogP contribution in [0.15, 0.2) is 11.6 Å². The summed E-state index contributed by atoms with van der Waals surface area (Å²) in [5.41, 5.74) is -0.465. The molecule has 324 valence electrons. The number of fused-ring (bicyclic) bond motifs is 7. The van der Waals surface area contributed by atoms with Crippen molar-refractivity contribution in [3.63, 3.8) is 0 Å². The van der Waals surface area contributed by atoms with Gasteiger partial charge < -0.3 is 64.8 Å². The molecule has 5 aliphatic carbocycles. The van der Waals surface area contributed by atoms with Crippen LogP contribution in [0.3, 0.4) is 0 Å². The van der Waals surface area contributed by atoms with E-state index in [9.17, 15) is 45.3 Å². The standard InChI is InChI=1S/C43H69NO13.Na/c1-22-30(49)32(51)33(52)35(55-22)57-34-31(50)25(46)20-54-36(34)56-28-11-12-39(4)26(40(28,5)21-45)10-13-42(7)27(39)9-8-23-24-18-38(2,3)14-16-43(24,17-15-41(23,42)6)37(53)44-19-29(47)48;/h8,22,24-28,30-36,45-46,49-52H,9-21H2,1-7H3,(H,44,53)(H,47,48);/q;+1/p-1/t22-,24-,25-,26+,27+,28-,30-,31-,32+,33+,34+,35-,36-,39-,40-,41+,42+,43-;/m0./s1. The maximum Gasteiger partial charge on any atom is 1.00 e. The van der Waals surface area contributed by atoms with E-state index in [-0.39, 0.29) is 88.1 Å². The van der Waals surface area contributed by atoms with Crippen LogP contribution in [0.4, 0.5) is 0 Å². The van der Waals surface area contributed by atoms with Crippen molar-refractivity contribution < 1.29 is 93.8 Å². The monoisotopic (exact) mass is 829 g/mol. The third-order valence-corrected chi connectivity index (χ3v) is 17.4. The average molecular weight is 830 g/mol. The Kier molecular flexibility index (Phi) is 13.3. The molecule has 2 heterocycles. The van der Waals surface area contributed by atoms with E-state index in [0.717, 1.165) is 51.4 Å². The smallest absolute Gasteiger partial charge is 0.548 e. The second-order valence-corrected chi connectivity index (χ2v) is 20.8. The normalized spacial score (nSPS) is 51.1. The number of carboxylic acids is 1. The number of hydrogen-bond acceptors (Lipinski definition) is 13. The minimum atomic E-state index is -1.64. The number of carbonyl (C=O) groups is 2. The molecule has 1 amide bonds. The fraction of sp³-hybridized carbons (Fsp3) is 0.907. The van der Waals surface area contributed by atoms with Gasteiger partial charge in [-0.15, -0.1) is 0 Å². The Morgan fingerprint density at radius 1 is 0.862 bits per heavy atom. The molecule has 2 aliphatic heterocycles. The summed E-state index contributed by atoms with van der Waals surface area (Å²) in [5.74, 6) is -1.13. The second kappa shape index (κ2) is 16.4. The van der Waals surface area contributed by atoms with Crippen molar-refractivity contribution in [2.45, 2.75) is 174 Å². The average Bonchev–Trinajstić information content (AvgIpc) is 3.15. The summed E-state index contributed by atoms with van der Waals surface area (Å²) in [6.45, 7) is 14.5. The third-order valence-electron chi connectivity index (χ3n) is 17.4. The number of aliphatic hydroxyl groups excluding tert-OH is 6. The molecule has 14 nitrogen and oxygen atoms in total. The van der Waals surface area contributed by atoms with Gasteiger partial charge in [0.25, 0.3) is 0 Å². The fourth-order valence-corrected chi connectivity index (χ4v) is 13.7. The Bertz CT molecular complexity index is 1580. The van der Waals surface area contributed by atoms with Crippen LogP contribution >= 0.6 is 0 Å². The van der Waals surface area contributed by atoms with E-state index in [4.69, 9.17) is 18.9 Å². The molecule has 4 saturated carbocycles. The number of carbonyl (C=O) groups excluding carboxylic acids is 2. The van der Waals surface area contributed by atoms with Crippen molar-refractivity contribution in [1.29, 1.82) is 0 Å². The van der Waals surface area contributed by atoms with Gasteiger partial charge in [0.2, 0.25) is 5.91 Å². The molecule has 0 aromatic carbocycles. The van der Waals surface area contributed by atoms with Crippen LogP contribution in [0.1, 0.15) is 113 Å². The van der Waals surface area contributed by atoms with Crippen LogP contribution in [-0.2, 0) is 28.5 Å². The molecule has 0 bridgehead atoms. The minimum absolute atomic E-state index is 0. The zero-order valence-corrected chi connectivity index (χ0v) is 37.8. The molecule has 0 aromatic heterocycles. The molecule has 7 rings (SSSR count). The predicted molar refractivity (Wildman–Crippen MR) is 202 cm³/mol. The number of aliphatic carboxylic acids is 1. The summed E-state index contributed by atoms with van der Waals surface area (Å²) in [6, 6.07) is 0. The molecule has 0 aromatic rings. The van der Waals surface area contributed by atoms with Crippen LogP contribution in [0.2, 0.25) is 0 Å². The number of rotatable bonds is 8. The first-order valence-corrected chi connectivity index (χ1v) is 21.4. The molecule has 2 saturated heterocycles. The number of hydrogen-bond donors (Lipinski definition) is 7. The van der Waals surface area contributed by atoms with Crippen molar-refractivity contribution in [3.05, 3.63) is 11.6 Å². The largest absolute Gasteiger partial charge is 1.00 e. The molecule has 7 N–H and O–H groups in total. The Morgan fingerprint density at radius 2 is 1.55 bits per heavy atom. The van der Waals surface area contributed by atoms with Crippen molar-refractivity contribution in [2.75, 3.05) is 19.8 Å². The SMILES string of the molecule is C[C@@H]1O[C@@H](O[C@H]2[C@H](O[C@H]3CC[C@@]4(C)[C@@H](CC[C@]5(C)[C@@H]4CC=C4[C@@H]6CC(C)(C)CC[C@]6(C(=O)NCC(=O)[O-])CC[C@]45C)[C@]3(C)CO)OC[C@H](O)[C@@H]2O)[C@H](O)[C@H](O)[C@H]1O.[Na+]. The second-order valence-electron chi connectivity index (χ2n) is 20.8. The summed E-state index contributed by atoms with van der Waals surface area (Å²) in [5, 5.41) is 78.5. The van der Waals surface area contributed by atoms with Crippen molar-refractivity contribution in [2.24, 2.45) is 50.2 Å². The Balaban J connectivity index is 0.00000567. The number of ether oxygens (including phenoxy) is 4. The Labute approximate surface area is 365 Å². The molecule has 6 fully saturated rings. The van der Waals surface area contributed by atoms with E-state index in [1.165, 1.54) is 12.5 Å². The van der Waals surface area contributed by atoms with Gasteiger partial charge in [-0.05, 0) is 111 Å². The van der Waals surface area contributed by atoms with Crippen molar-refractivity contribution in [3.8, 4) is 0 Å². The van der Waals surface area contributed by atoms with E-state index in [0.29, 0.717) is 12.8 Å². The first-order chi connectivity index (χ1) is 26.6. The Morgan fingerprint density at radius 3 is 2.22 bits per heavy atom. The van der Waals surface area contributed by atoms with Gasteiger partial charge in [-0.1, -0.05) is 53.2 Å². The molecular weight excluding hydrogens is 761 g/mol. The quantitative estimate of drug-likeness (QED) is 0.0825. The number of nitrogens with one attached hydrogen (secondary N) is 1. The first kappa shape index (κ1) is 46.8. The molecule has 18 atom stereocenters. The van der Waals surface area contributed by atoms with E-state index < -0.39 is 84.8 Å². The van der Waals surface area contributed by atoms with Gasteiger partial charge in [-0.2, -0.15) is 0 Å². The van der Waals surface area contributed by atoms with E-state index in [1.54, 1.807) is 0 Å². The molecule has 15 heteroatoms.